The number of aryl methyl sites for hydroxylation is 1. The standard InChI is InChI=1S/C22H30N6O3/c1-15-6-7-16(12-23-15)22(30)27(4)14-19-24-18(11-20(25-19)26(2)3)17-10-21(29)28(13-17)8-9-31-5/h6-7,11-12,17H,8-10,13-14H2,1-5H3/t17-/m1/s1. The molecule has 0 aliphatic carbocycles. The molecule has 1 saturated heterocycles. The number of likely N-dealkylation sites (tertiary alicyclic amines) is 1. The summed E-state index contributed by atoms with van der Waals surface area (Å²) in [6.07, 6.45) is 1.99. The van der Waals surface area contributed by atoms with E-state index in [1.807, 2.05) is 43.0 Å². The molecule has 1 fully saturated rings. The number of aromatic nitrogens is 3. The molecule has 2 aromatic heterocycles. The van der Waals surface area contributed by atoms with Crippen LogP contribution in [0.3, 0.4) is 0 Å². The molecule has 3 rings (SSSR count). The SMILES string of the molecule is COCCN1C[C@H](c2cc(N(C)C)nc(CN(C)C(=O)c3ccc(C)nc3)n2)CC1=O. The number of carbonyl (C=O) groups excluding carboxylic acids is 2. The maximum atomic E-state index is 12.8. The van der Waals surface area contributed by atoms with Gasteiger partial charge in [0, 0.05) is 71.6 Å². The molecule has 3 heterocycles. The van der Waals surface area contributed by atoms with Crippen molar-refractivity contribution >= 4 is 17.6 Å². The quantitative estimate of drug-likeness (QED) is 0.631. The predicted molar refractivity (Wildman–Crippen MR) is 117 cm³/mol. The molecule has 0 bridgehead atoms. The molecule has 0 radical (unpaired) electrons. The number of nitrogens with zero attached hydrogens (tertiary/aromatic N) is 6. The fraction of sp³-hybridized carbons (Fsp3) is 0.500. The van der Waals surface area contributed by atoms with Gasteiger partial charge >= 0.3 is 0 Å². The van der Waals surface area contributed by atoms with Crippen LogP contribution in [-0.2, 0) is 16.1 Å². The van der Waals surface area contributed by atoms with E-state index in [-0.39, 0.29) is 24.3 Å². The van der Waals surface area contributed by atoms with Crippen LogP contribution in [-0.4, -0.2) is 84.5 Å². The molecule has 1 aliphatic heterocycles. The van der Waals surface area contributed by atoms with Gasteiger partial charge in [-0.1, -0.05) is 0 Å². The summed E-state index contributed by atoms with van der Waals surface area (Å²) >= 11 is 0. The van der Waals surface area contributed by atoms with Gasteiger partial charge < -0.3 is 19.4 Å². The van der Waals surface area contributed by atoms with Gasteiger partial charge in [0.1, 0.15) is 11.6 Å². The van der Waals surface area contributed by atoms with E-state index in [2.05, 4.69) is 9.97 Å². The molecule has 9 heteroatoms. The Morgan fingerprint density at radius 3 is 2.68 bits per heavy atom. The Morgan fingerprint density at radius 2 is 2.03 bits per heavy atom. The Morgan fingerprint density at radius 1 is 1.26 bits per heavy atom. The number of pyridine rings is 1. The Bertz CT molecular complexity index is 931. The van der Waals surface area contributed by atoms with Gasteiger partial charge in [0.2, 0.25) is 5.91 Å². The number of hydrogen-bond donors (Lipinski definition) is 0. The number of carbonyl (C=O) groups is 2. The molecule has 2 aromatic rings. The highest BCUT2D eigenvalue weighted by Crippen LogP contribution is 2.28. The third kappa shape index (κ3) is 5.55. The molecule has 0 spiro atoms. The van der Waals surface area contributed by atoms with Crippen LogP contribution in [0.25, 0.3) is 0 Å². The molecule has 1 atom stereocenters. The van der Waals surface area contributed by atoms with Gasteiger partial charge in [-0.3, -0.25) is 14.6 Å². The van der Waals surface area contributed by atoms with Crippen LogP contribution < -0.4 is 4.90 Å². The lowest BCUT2D eigenvalue weighted by molar-refractivity contribution is -0.128. The summed E-state index contributed by atoms with van der Waals surface area (Å²) in [4.78, 5) is 44.0. The maximum Gasteiger partial charge on any atom is 0.255 e. The van der Waals surface area contributed by atoms with Crippen LogP contribution in [0.4, 0.5) is 5.82 Å². The zero-order valence-corrected chi connectivity index (χ0v) is 18.8. The number of amides is 2. The van der Waals surface area contributed by atoms with Crippen molar-refractivity contribution in [1.82, 2.24) is 24.8 Å². The topological polar surface area (TPSA) is 91.8 Å². The first-order valence-electron chi connectivity index (χ1n) is 10.3. The first kappa shape index (κ1) is 22.6. The van der Waals surface area contributed by atoms with Crippen LogP contribution in [0.2, 0.25) is 0 Å². The summed E-state index contributed by atoms with van der Waals surface area (Å²) < 4.78 is 5.10. The highest BCUT2D eigenvalue weighted by molar-refractivity contribution is 5.93. The second-order valence-corrected chi connectivity index (χ2v) is 8.04. The second-order valence-electron chi connectivity index (χ2n) is 8.04. The lowest BCUT2D eigenvalue weighted by atomic mass is 10.0. The van der Waals surface area contributed by atoms with Crippen molar-refractivity contribution in [3.8, 4) is 0 Å². The first-order chi connectivity index (χ1) is 14.8. The Balaban J connectivity index is 1.79. The largest absolute Gasteiger partial charge is 0.383 e. The van der Waals surface area contributed by atoms with Gasteiger partial charge in [0.15, 0.2) is 0 Å². The highest BCUT2D eigenvalue weighted by Gasteiger charge is 2.32. The minimum absolute atomic E-state index is 0.00730. The lowest BCUT2D eigenvalue weighted by Gasteiger charge is -2.20. The molecular formula is C22H30N6O3. The first-order valence-corrected chi connectivity index (χ1v) is 10.3. The summed E-state index contributed by atoms with van der Waals surface area (Å²) in [7, 11) is 7.17. The van der Waals surface area contributed by atoms with Crippen LogP contribution in [0.1, 0.15) is 39.9 Å². The molecule has 9 nitrogen and oxygen atoms in total. The predicted octanol–water partition coefficient (Wildman–Crippen LogP) is 1.48. The van der Waals surface area contributed by atoms with Crippen molar-refractivity contribution in [2.45, 2.75) is 25.8 Å². The molecular weight excluding hydrogens is 396 g/mol. The van der Waals surface area contributed by atoms with Gasteiger partial charge in [-0.15, -0.1) is 0 Å². The zero-order chi connectivity index (χ0) is 22.5. The van der Waals surface area contributed by atoms with E-state index in [1.165, 1.54) is 0 Å². The summed E-state index contributed by atoms with van der Waals surface area (Å²) in [6, 6.07) is 5.50. The maximum absolute atomic E-state index is 12.8. The molecule has 166 valence electrons. The Hall–Kier alpha value is -3.07. The average Bonchev–Trinajstić information content (AvgIpc) is 3.12. The number of methoxy groups -OCH3 is 1. The van der Waals surface area contributed by atoms with Crippen molar-refractivity contribution in [3.63, 3.8) is 0 Å². The van der Waals surface area contributed by atoms with Gasteiger partial charge in [0.25, 0.3) is 5.91 Å². The molecule has 0 aromatic carbocycles. The van der Waals surface area contributed by atoms with E-state index in [0.29, 0.717) is 37.5 Å². The van der Waals surface area contributed by atoms with Crippen LogP contribution in [0.15, 0.2) is 24.4 Å². The summed E-state index contributed by atoms with van der Waals surface area (Å²) in [6.45, 7) is 3.83. The molecule has 0 N–H and O–H groups in total. The van der Waals surface area contributed by atoms with Gasteiger partial charge in [0.05, 0.1) is 24.4 Å². The van der Waals surface area contributed by atoms with Crippen LogP contribution in [0, 0.1) is 6.92 Å². The van der Waals surface area contributed by atoms with E-state index in [9.17, 15) is 9.59 Å². The van der Waals surface area contributed by atoms with Crippen molar-refractivity contribution < 1.29 is 14.3 Å². The van der Waals surface area contributed by atoms with Gasteiger partial charge in [-0.25, -0.2) is 9.97 Å². The molecule has 0 saturated carbocycles. The number of hydrogen-bond acceptors (Lipinski definition) is 7. The summed E-state index contributed by atoms with van der Waals surface area (Å²) in [5.74, 6) is 1.25. The third-order valence-electron chi connectivity index (χ3n) is 5.32. The summed E-state index contributed by atoms with van der Waals surface area (Å²) in [5, 5.41) is 0. The smallest absolute Gasteiger partial charge is 0.255 e. The number of ether oxygens (including phenoxy) is 1. The van der Waals surface area contributed by atoms with E-state index in [0.717, 1.165) is 17.2 Å². The van der Waals surface area contributed by atoms with E-state index >= 15 is 0 Å². The minimum Gasteiger partial charge on any atom is -0.383 e. The molecule has 2 amide bonds. The van der Waals surface area contributed by atoms with Crippen LogP contribution in [0.5, 0.6) is 0 Å². The van der Waals surface area contributed by atoms with Crippen molar-refractivity contribution in [1.29, 1.82) is 0 Å². The van der Waals surface area contributed by atoms with Crippen molar-refractivity contribution in [3.05, 3.63) is 47.2 Å². The van der Waals surface area contributed by atoms with Crippen molar-refractivity contribution in [2.24, 2.45) is 0 Å². The molecule has 31 heavy (non-hydrogen) atoms. The van der Waals surface area contributed by atoms with Gasteiger partial charge in [-0.05, 0) is 19.1 Å². The highest BCUT2D eigenvalue weighted by atomic mass is 16.5. The third-order valence-corrected chi connectivity index (χ3v) is 5.32. The van der Waals surface area contributed by atoms with Gasteiger partial charge in [-0.2, -0.15) is 0 Å². The normalized spacial score (nSPS) is 16.0. The van der Waals surface area contributed by atoms with Crippen molar-refractivity contribution in [2.75, 3.05) is 52.8 Å². The second kappa shape index (κ2) is 9.82. The van der Waals surface area contributed by atoms with E-state index < -0.39 is 0 Å². The Kier molecular flexibility index (Phi) is 7.17. The average molecular weight is 427 g/mol. The van der Waals surface area contributed by atoms with E-state index in [4.69, 9.17) is 9.72 Å². The lowest BCUT2D eigenvalue weighted by Crippen LogP contribution is -2.29. The fourth-order valence-corrected chi connectivity index (χ4v) is 3.50. The summed E-state index contributed by atoms with van der Waals surface area (Å²) in [5.41, 5.74) is 2.20. The minimum atomic E-state index is -0.144. The number of rotatable bonds is 8. The fourth-order valence-electron chi connectivity index (χ4n) is 3.50. The van der Waals surface area contributed by atoms with E-state index in [1.54, 1.807) is 31.3 Å². The molecule has 1 aliphatic rings. The number of anilines is 1. The zero-order valence-electron chi connectivity index (χ0n) is 18.8. The van der Waals surface area contributed by atoms with Crippen LogP contribution >= 0.6 is 0 Å². The Labute approximate surface area is 183 Å². The monoisotopic (exact) mass is 426 g/mol. The molecule has 0 unspecified atom stereocenters.